The topological polar surface area (TPSA) is 71.4 Å². The van der Waals surface area contributed by atoms with Crippen LogP contribution in [0.1, 0.15) is 32.3 Å². The number of nitrogens with one attached hydrogen (secondary N) is 1. The van der Waals surface area contributed by atoms with Crippen LogP contribution < -0.4 is 9.64 Å². The molecule has 162 valence electrons. The number of carbonyl (C=O) groups excluding carboxylic acids is 1. The van der Waals surface area contributed by atoms with E-state index in [9.17, 15) is 13.2 Å². The summed E-state index contributed by atoms with van der Waals surface area (Å²) in [6, 6.07) is 4.98. The largest absolute Gasteiger partial charge is 0.494 e. The van der Waals surface area contributed by atoms with Gasteiger partial charge >= 0.3 is 0 Å². The van der Waals surface area contributed by atoms with Crippen LogP contribution in [0.4, 0.5) is 0 Å². The van der Waals surface area contributed by atoms with Gasteiger partial charge in [-0.05, 0) is 57.4 Å². The number of quaternary nitrogens is 1. The van der Waals surface area contributed by atoms with Crippen molar-refractivity contribution in [3.63, 3.8) is 0 Å². The Balaban J connectivity index is 1.69. The van der Waals surface area contributed by atoms with Crippen molar-refractivity contribution in [3.8, 4) is 5.75 Å². The molecule has 2 aliphatic rings. The number of hydrogen-bond acceptors (Lipinski definition) is 4. The first-order chi connectivity index (χ1) is 13.9. The second-order valence-corrected chi connectivity index (χ2v) is 9.93. The number of carbonyl (C=O) groups is 1. The monoisotopic (exact) mass is 424 g/mol. The van der Waals surface area contributed by atoms with Crippen molar-refractivity contribution < 1.29 is 22.8 Å². The fraction of sp³-hybridized carbons (Fsp3) is 0.667. The van der Waals surface area contributed by atoms with Crippen LogP contribution in [-0.4, -0.2) is 76.0 Å². The molecule has 29 heavy (non-hydrogen) atoms. The molecule has 2 heterocycles. The van der Waals surface area contributed by atoms with E-state index in [-0.39, 0.29) is 23.3 Å². The van der Waals surface area contributed by atoms with E-state index in [0.717, 1.165) is 44.7 Å². The fourth-order valence-corrected chi connectivity index (χ4v) is 5.88. The van der Waals surface area contributed by atoms with Gasteiger partial charge in [-0.1, -0.05) is 0 Å². The van der Waals surface area contributed by atoms with Crippen molar-refractivity contribution in [1.82, 2.24) is 9.21 Å². The molecule has 0 aliphatic carbocycles. The van der Waals surface area contributed by atoms with Crippen LogP contribution in [-0.2, 0) is 14.8 Å². The molecule has 0 spiro atoms. The van der Waals surface area contributed by atoms with Crippen LogP contribution in [0.15, 0.2) is 23.1 Å². The summed E-state index contributed by atoms with van der Waals surface area (Å²) < 4.78 is 33.4. The highest BCUT2D eigenvalue weighted by molar-refractivity contribution is 7.89. The minimum absolute atomic E-state index is 0.114. The minimum Gasteiger partial charge on any atom is -0.494 e. The molecule has 3 rings (SSSR count). The first-order valence-electron chi connectivity index (χ1n) is 10.7. The molecule has 2 aliphatic heterocycles. The second-order valence-electron chi connectivity index (χ2n) is 7.99. The van der Waals surface area contributed by atoms with Gasteiger partial charge in [-0.3, -0.25) is 4.79 Å². The maximum Gasteiger partial charge on any atom is 0.243 e. The van der Waals surface area contributed by atoms with Crippen LogP contribution in [0.25, 0.3) is 0 Å². The Kier molecular flexibility index (Phi) is 7.19. The van der Waals surface area contributed by atoms with Crippen molar-refractivity contribution in [3.05, 3.63) is 23.8 Å². The second kappa shape index (κ2) is 9.45. The third-order valence-corrected chi connectivity index (χ3v) is 7.96. The van der Waals surface area contributed by atoms with Crippen LogP contribution in [0.5, 0.6) is 5.75 Å². The number of piperazine rings is 1. The third-order valence-electron chi connectivity index (χ3n) is 6.10. The first kappa shape index (κ1) is 22.1. The fourth-order valence-electron chi connectivity index (χ4n) is 4.27. The van der Waals surface area contributed by atoms with Crippen LogP contribution in [0.3, 0.4) is 0 Å². The zero-order valence-corrected chi connectivity index (χ0v) is 18.6. The average molecular weight is 425 g/mol. The molecule has 0 saturated carbocycles. The number of nitrogens with zero attached hydrogens (tertiary/aromatic N) is 2. The summed E-state index contributed by atoms with van der Waals surface area (Å²) in [4.78, 5) is 16.7. The molecular formula is C21H34N3O4S+. The first-order valence-corrected chi connectivity index (χ1v) is 12.2. The summed E-state index contributed by atoms with van der Waals surface area (Å²) >= 11 is 0. The van der Waals surface area contributed by atoms with E-state index in [0.29, 0.717) is 25.3 Å². The van der Waals surface area contributed by atoms with Crippen LogP contribution >= 0.6 is 0 Å². The molecule has 1 aromatic rings. The van der Waals surface area contributed by atoms with Crippen molar-refractivity contribution in [2.75, 3.05) is 52.4 Å². The summed E-state index contributed by atoms with van der Waals surface area (Å²) in [6.45, 7) is 11.8. The Morgan fingerprint density at radius 2 is 1.93 bits per heavy atom. The lowest BCUT2D eigenvalue weighted by molar-refractivity contribution is -0.902. The zero-order valence-electron chi connectivity index (χ0n) is 17.8. The Morgan fingerprint density at radius 3 is 2.55 bits per heavy atom. The van der Waals surface area contributed by atoms with Crippen molar-refractivity contribution in [2.45, 2.75) is 38.5 Å². The molecule has 2 fully saturated rings. The van der Waals surface area contributed by atoms with Gasteiger partial charge in [-0.25, -0.2) is 8.42 Å². The van der Waals surface area contributed by atoms with E-state index >= 15 is 0 Å². The number of aryl methyl sites for hydroxylation is 1. The number of benzene rings is 1. The smallest absolute Gasteiger partial charge is 0.243 e. The van der Waals surface area contributed by atoms with Gasteiger partial charge in [0.25, 0.3) is 0 Å². The number of hydrogen-bond donors (Lipinski definition) is 1. The summed E-state index contributed by atoms with van der Waals surface area (Å²) in [5.41, 5.74) is 0.800. The maximum atomic E-state index is 13.2. The van der Waals surface area contributed by atoms with Gasteiger partial charge in [-0.2, -0.15) is 4.31 Å². The quantitative estimate of drug-likeness (QED) is 0.724. The SMILES string of the molecule is CCOc1ccc(S(=O)(=O)N2CCC[C@H](C(=O)N3CC[NH+](CC)CC3)C2)cc1C. The molecule has 1 aromatic carbocycles. The highest BCUT2D eigenvalue weighted by Crippen LogP contribution is 2.28. The number of piperidine rings is 1. The van der Waals surface area contributed by atoms with E-state index in [1.165, 1.54) is 9.21 Å². The highest BCUT2D eigenvalue weighted by atomic mass is 32.2. The summed E-state index contributed by atoms with van der Waals surface area (Å²) in [7, 11) is -3.62. The van der Waals surface area contributed by atoms with Crippen molar-refractivity contribution in [2.24, 2.45) is 5.92 Å². The lowest BCUT2D eigenvalue weighted by Gasteiger charge is -2.37. The maximum absolute atomic E-state index is 13.2. The van der Waals surface area contributed by atoms with E-state index in [1.54, 1.807) is 18.2 Å². The van der Waals surface area contributed by atoms with Gasteiger partial charge in [0.15, 0.2) is 0 Å². The van der Waals surface area contributed by atoms with E-state index < -0.39 is 10.0 Å². The van der Waals surface area contributed by atoms with Gasteiger partial charge in [0, 0.05) is 13.1 Å². The van der Waals surface area contributed by atoms with E-state index in [2.05, 4.69) is 6.92 Å². The van der Waals surface area contributed by atoms with Crippen LogP contribution in [0, 0.1) is 12.8 Å². The van der Waals surface area contributed by atoms with Gasteiger partial charge in [0.05, 0.1) is 50.1 Å². The van der Waals surface area contributed by atoms with Crippen molar-refractivity contribution in [1.29, 1.82) is 0 Å². The molecule has 1 N–H and O–H groups in total. The molecule has 0 aromatic heterocycles. The lowest BCUT2D eigenvalue weighted by atomic mass is 9.98. The molecule has 2 saturated heterocycles. The van der Waals surface area contributed by atoms with E-state index in [1.807, 2.05) is 18.7 Å². The van der Waals surface area contributed by atoms with Crippen LogP contribution in [0.2, 0.25) is 0 Å². The zero-order chi connectivity index (χ0) is 21.0. The Labute approximate surface area is 174 Å². The molecule has 0 unspecified atom stereocenters. The molecule has 1 atom stereocenters. The highest BCUT2D eigenvalue weighted by Gasteiger charge is 2.36. The normalized spacial score (nSPS) is 21.9. The summed E-state index contributed by atoms with van der Waals surface area (Å²) in [5.74, 6) is 0.569. The average Bonchev–Trinajstić information content (AvgIpc) is 2.75. The minimum atomic E-state index is -3.62. The molecule has 8 heteroatoms. The molecule has 1 amide bonds. The molecule has 0 radical (unpaired) electrons. The third kappa shape index (κ3) is 4.92. The summed E-state index contributed by atoms with van der Waals surface area (Å²) in [5, 5.41) is 0. The number of likely N-dealkylation sites (N-methyl/N-ethyl adjacent to an activating group) is 1. The molecular weight excluding hydrogens is 390 g/mol. The standard InChI is InChI=1S/C21H33N3O4S/c1-4-22-11-13-23(14-12-22)21(25)18-7-6-10-24(16-18)29(26,27)19-8-9-20(28-5-2)17(3)15-19/h8-9,15,18H,4-7,10-14,16H2,1-3H3/p+1/t18-/m0/s1. The predicted molar refractivity (Wildman–Crippen MR) is 112 cm³/mol. The van der Waals surface area contributed by atoms with Gasteiger partial charge in [0.1, 0.15) is 5.75 Å². The molecule has 0 bridgehead atoms. The lowest BCUT2D eigenvalue weighted by Crippen LogP contribution is -3.14. The van der Waals surface area contributed by atoms with Gasteiger partial charge in [0.2, 0.25) is 15.9 Å². The number of sulfonamides is 1. The summed E-state index contributed by atoms with van der Waals surface area (Å²) in [6.07, 6.45) is 1.47. The number of rotatable bonds is 6. The van der Waals surface area contributed by atoms with Gasteiger partial charge in [-0.15, -0.1) is 0 Å². The Bertz CT molecular complexity index is 819. The van der Waals surface area contributed by atoms with Gasteiger partial charge < -0.3 is 14.5 Å². The molecule has 7 nitrogen and oxygen atoms in total. The Morgan fingerprint density at radius 1 is 1.21 bits per heavy atom. The van der Waals surface area contributed by atoms with E-state index in [4.69, 9.17) is 4.74 Å². The Hall–Kier alpha value is -1.64. The van der Waals surface area contributed by atoms with Crippen molar-refractivity contribution >= 4 is 15.9 Å². The predicted octanol–water partition coefficient (Wildman–Crippen LogP) is 0.541. The number of ether oxygens (including phenoxy) is 1. The number of amides is 1.